The molecule has 2 fully saturated rings. The zero-order chi connectivity index (χ0) is 60.8. The molecule has 86 heavy (non-hydrogen) atoms. The van der Waals surface area contributed by atoms with Crippen molar-refractivity contribution in [2.24, 2.45) is 15.9 Å². The van der Waals surface area contributed by atoms with Crippen molar-refractivity contribution in [2.45, 2.75) is 102 Å². The van der Waals surface area contributed by atoms with E-state index in [2.05, 4.69) is 57.1 Å². The highest BCUT2D eigenvalue weighted by atomic mass is 16.5. The zero-order valence-corrected chi connectivity index (χ0v) is 49.4. The van der Waals surface area contributed by atoms with E-state index in [4.69, 9.17) is 28.9 Å². The lowest BCUT2D eigenvalue weighted by atomic mass is 10.0. The molecule has 452 valence electrons. The average molecular weight is 1180 g/mol. The number of benzene rings is 4. The monoisotopic (exact) mass is 1170 g/mol. The number of likely N-dealkylation sites (N-methyl/N-ethyl adjacent to an activating group) is 1. The van der Waals surface area contributed by atoms with Gasteiger partial charge in [-0.05, 0) is 91.4 Å². The summed E-state index contributed by atoms with van der Waals surface area (Å²) in [7, 11) is 5.19. The second-order valence-corrected chi connectivity index (χ2v) is 22.8. The third kappa shape index (κ3) is 13.5. The molecule has 0 saturated carbocycles. The molecule has 2 unspecified atom stereocenters. The average Bonchev–Trinajstić information content (AvgIpc) is 2.13. The van der Waals surface area contributed by atoms with E-state index in [9.17, 15) is 38.7 Å². The summed E-state index contributed by atoms with van der Waals surface area (Å²) in [5, 5.41) is 17.9. The van der Waals surface area contributed by atoms with Crippen molar-refractivity contribution in [3.05, 3.63) is 107 Å². The Kier molecular flexibility index (Phi) is 18.6. The molecule has 22 nitrogen and oxygen atoms in total. The third-order valence-electron chi connectivity index (χ3n) is 16.4. The molecule has 5 atom stereocenters. The van der Waals surface area contributed by atoms with Crippen LogP contribution in [-0.4, -0.2) is 176 Å². The molecule has 4 aromatic rings. The van der Waals surface area contributed by atoms with Gasteiger partial charge >= 0.3 is 0 Å². The number of ether oxygens (including phenoxy) is 4. The van der Waals surface area contributed by atoms with Gasteiger partial charge in [0.15, 0.2) is 23.0 Å². The first-order valence-electron chi connectivity index (χ1n) is 29.4. The summed E-state index contributed by atoms with van der Waals surface area (Å²) in [6.45, 7) is 9.87. The molecule has 2 saturated heterocycles. The van der Waals surface area contributed by atoms with Crippen LogP contribution in [0.3, 0.4) is 0 Å². The molecule has 0 bridgehead atoms. The number of fused-ring (bicyclic) bond motifs is 4. The number of anilines is 2. The second-order valence-electron chi connectivity index (χ2n) is 22.8. The van der Waals surface area contributed by atoms with Gasteiger partial charge in [-0.1, -0.05) is 44.5 Å². The van der Waals surface area contributed by atoms with Crippen LogP contribution in [-0.2, 0) is 24.0 Å². The van der Waals surface area contributed by atoms with Crippen LogP contribution in [0.25, 0.3) is 11.1 Å². The largest absolute Gasteiger partial charge is 0.493 e. The van der Waals surface area contributed by atoms with Crippen LogP contribution in [0.5, 0.6) is 23.0 Å². The van der Waals surface area contributed by atoms with Gasteiger partial charge in [-0.3, -0.25) is 48.4 Å². The highest BCUT2D eigenvalue weighted by Gasteiger charge is 2.38. The summed E-state index contributed by atoms with van der Waals surface area (Å²) in [5.74, 6) is -1.39. The lowest BCUT2D eigenvalue weighted by molar-refractivity contribution is -0.141. The molecule has 10 rings (SSSR count). The summed E-state index contributed by atoms with van der Waals surface area (Å²) < 4.78 is 23.8. The van der Waals surface area contributed by atoms with Gasteiger partial charge in [-0.15, -0.1) is 0 Å². The quantitative estimate of drug-likeness (QED) is 0.0457. The first-order chi connectivity index (χ1) is 41.5. The molecule has 6 aliphatic rings. The Bertz CT molecular complexity index is 3390. The van der Waals surface area contributed by atoms with E-state index in [0.717, 1.165) is 53.4 Å². The van der Waals surface area contributed by atoms with Gasteiger partial charge < -0.3 is 59.6 Å². The molecule has 0 spiro atoms. The fourth-order valence-corrected chi connectivity index (χ4v) is 11.3. The standard InChI is InChI=1S/C64H74N10O12/c1-38(2)59(69-57(76)11-8-7-9-20-72-58(77)33-52(75)64(72)82)61(79)67-39(3)60(78)68-44-16-12-40(13-17-44)42-27-46-34-65-50-31-55(53(83-5)29-48(50)62(80)73(46)36-42)85-25-10-26-86-56-32-51-49(30-54(56)84-6)63(81)74-37-43(28-47(74)35-66-51)41-14-18-45(19-15-41)71-23-21-70(4)22-24-71/h12-19,29-32,34-39,46-47,52,59,75H,7-11,20-28,33H2,1-6H3,(H,67,79)(H,68,78)(H,69,76)/t39-,46-,47-,52?,59?/m0/s1. The number of likely N-dealkylation sites (tertiary alicyclic amines) is 1. The number of aliphatic hydroxyl groups is 1. The molecule has 4 aromatic carbocycles. The van der Waals surface area contributed by atoms with Crippen molar-refractivity contribution < 1.29 is 57.6 Å². The Morgan fingerprint density at radius 3 is 1.71 bits per heavy atom. The number of nitrogens with zero attached hydrogens (tertiary/aromatic N) is 7. The van der Waals surface area contributed by atoms with E-state index in [0.29, 0.717) is 89.7 Å². The topological polar surface area (TPSA) is 254 Å². The van der Waals surface area contributed by atoms with E-state index in [1.165, 1.54) is 19.9 Å². The summed E-state index contributed by atoms with van der Waals surface area (Å²) in [6, 6.07) is 20.1. The molecule has 6 aliphatic heterocycles. The van der Waals surface area contributed by atoms with Crippen molar-refractivity contribution in [3.63, 3.8) is 0 Å². The maximum Gasteiger partial charge on any atom is 0.260 e. The maximum absolute atomic E-state index is 14.2. The number of hydrogen-bond donors (Lipinski definition) is 4. The molecular formula is C64H74N10O12. The van der Waals surface area contributed by atoms with Crippen molar-refractivity contribution in [3.8, 4) is 23.0 Å². The van der Waals surface area contributed by atoms with E-state index in [1.54, 1.807) is 73.2 Å². The van der Waals surface area contributed by atoms with Crippen LogP contribution in [0.4, 0.5) is 22.7 Å². The van der Waals surface area contributed by atoms with Gasteiger partial charge in [0, 0.05) is 107 Å². The minimum absolute atomic E-state index is 0.126. The van der Waals surface area contributed by atoms with Crippen LogP contribution >= 0.6 is 0 Å². The van der Waals surface area contributed by atoms with Crippen molar-refractivity contribution in [2.75, 3.05) is 77.4 Å². The molecule has 4 N–H and O–H groups in total. The molecule has 0 aliphatic carbocycles. The van der Waals surface area contributed by atoms with Gasteiger partial charge in [-0.2, -0.15) is 0 Å². The SMILES string of the molecule is COc1cc2c(cc1OCCCOc1cc3c(cc1OC)C(=O)N1C=C(c4ccc(N5CCN(C)CC5)cc4)C[C@H]1C=N3)N=C[C@@H]1CC(c3ccc(NC(=O)[C@H](C)NC(=O)C(NC(=O)CCCCCN4C(=O)CC(O)C4=O)C(C)C)cc3)=CN1C2=O. The third-order valence-corrected chi connectivity index (χ3v) is 16.4. The van der Waals surface area contributed by atoms with Crippen LogP contribution in [0, 0.1) is 5.92 Å². The second kappa shape index (κ2) is 26.6. The lowest BCUT2D eigenvalue weighted by Gasteiger charge is -2.34. The van der Waals surface area contributed by atoms with Crippen LogP contribution in [0.1, 0.15) is 104 Å². The maximum atomic E-state index is 14.2. The van der Waals surface area contributed by atoms with Crippen LogP contribution in [0.2, 0.25) is 0 Å². The van der Waals surface area contributed by atoms with Gasteiger partial charge in [0.2, 0.25) is 23.6 Å². The summed E-state index contributed by atoms with van der Waals surface area (Å²) in [6.07, 6.45) is 9.06. The fourth-order valence-electron chi connectivity index (χ4n) is 11.3. The van der Waals surface area contributed by atoms with Gasteiger partial charge in [0.05, 0.1) is 68.4 Å². The number of rotatable bonds is 23. The van der Waals surface area contributed by atoms with Crippen LogP contribution < -0.4 is 39.8 Å². The number of carbonyl (C=O) groups excluding carboxylic acids is 7. The number of methoxy groups -OCH3 is 2. The minimum Gasteiger partial charge on any atom is -0.493 e. The first kappa shape index (κ1) is 60.2. The van der Waals surface area contributed by atoms with E-state index >= 15 is 0 Å². The number of amides is 7. The number of aliphatic hydroxyl groups excluding tert-OH is 1. The molecule has 6 heterocycles. The van der Waals surface area contributed by atoms with Crippen LogP contribution in [0.15, 0.2) is 95.2 Å². The minimum atomic E-state index is -1.29. The number of aliphatic imine (C=N–C) groups is 2. The highest BCUT2D eigenvalue weighted by molar-refractivity contribution is 6.07. The molecule has 0 aromatic heterocycles. The van der Waals surface area contributed by atoms with Gasteiger partial charge in [0.25, 0.3) is 17.7 Å². The fraction of sp³-hybridized carbons (Fsp3) is 0.422. The van der Waals surface area contributed by atoms with Gasteiger partial charge in [-0.25, -0.2) is 0 Å². The Morgan fingerprint density at radius 2 is 1.20 bits per heavy atom. The highest BCUT2D eigenvalue weighted by Crippen LogP contribution is 2.42. The number of piperazine rings is 1. The first-order valence-corrected chi connectivity index (χ1v) is 29.4. The van der Waals surface area contributed by atoms with Gasteiger partial charge in [0.1, 0.15) is 18.2 Å². The number of hydrogen-bond acceptors (Lipinski definition) is 16. The lowest BCUT2D eigenvalue weighted by Crippen LogP contribution is -2.53. The van der Waals surface area contributed by atoms with E-state index in [1.807, 2.05) is 30.7 Å². The molecular weight excluding hydrogens is 1100 g/mol. The smallest absolute Gasteiger partial charge is 0.260 e. The Balaban J connectivity index is 0.680. The number of nitrogens with one attached hydrogen (secondary N) is 3. The molecule has 0 radical (unpaired) electrons. The zero-order valence-electron chi connectivity index (χ0n) is 49.4. The Hall–Kier alpha value is -8.89. The Morgan fingerprint density at radius 1 is 0.651 bits per heavy atom. The van der Waals surface area contributed by atoms with Crippen molar-refractivity contribution in [1.29, 1.82) is 0 Å². The van der Waals surface area contributed by atoms with E-state index < -0.39 is 41.8 Å². The predicted molar refractivity (Wildman–Crippen MR) is 324 cm³/mol. The normalized spacial score (nSPS) is 19.7. The molecule has 22 heteroatoms. The predicted octanol–water partition coefficient (Wildman–Crippen LogP) is 6.51. The van der Waals surface area contributed by atoms with Crippen molar-refractivity contribution in [1.82, 2.24) is 30.2 Å². The number of carbonyl (C=O) groups is 7. The van der Waals surface area contributed by atoms with Crippen molar-refractivity contribution >= 4 is 87.7 Å². The summed E-state index contributed by atoms with van der Waals surface area (Å²) >= 11 is 0. The summed E-state index contributed by atoms with van der Waals surface area (Å²) in [4.78, 5) is 110. The number of unbranched alkanes of at least 4 members (excludes halogenated alkanes) is 2. The number of imide groups is 1. The molecule has 7 amide bonds. The Labute approximate surface area is 499 Å². The van der Waals surface area contributed by atoms with E-state index in [-0.39, 0.29) is 68.3 Å². The summed E-state index contributed by atoms with van der Waals surface area (Å²) in [5.41, 5.74) is 7.29.